The van der Waals surface area contributed by atoms with Crippen molar-refractivity contribution in [1.82, 2.24) is 9.80 Å². The summed E-state index contributed by atoms with van der Waals surface area (Å²) in [6, 6.07) is 4.21. The maximum absolute atomic E-state index is 12.5. The Hall–Kier alpha value is -2.78. The van der Waals surface area contributed by atoms with Crippen LogP contribution < -0.4 is 0 Å². The molecule has 0 aromatic heterocycles. The summed E-state index contributed by atoms with van der Waals surface area (Å²) in [5.41, 5.74) is 0.528. The molecule has 3 amide bonds. The summed E-state index contributed by atoms with van der Waals surface area (Å²) in [7, 11) is 1.55. The van der Waals surface area contributed by atoms with Gasteiger partial charge >= 0.3 is 5.97 Å². The maximum Gasteiger partial charge on any atom is 0.338 e. The highest BCUT2D eigenvalue weighted by Crippen LogP contribution is 2.24. The van der Waals surface area contributed by atoms with Crippen molar-refractivity contribution in [2.75, 3.05) is 40.0 Å². The van der Waals surface area contributed by atoms with Gasteiger partial charge in [-0.15, -0.1) is 0 Å². The highest BCUT2D eigenvalue weighted by molar-refractivity contribution is 6.21. The number of fused-ring (bicyclic) bond motifs is 1. The SMILES string of the molecule is COCCCN1C(=O)c2ccc(C(=O)OCC(=O)N3C[C@H](C)O[C@@H](C)C3)cc2C1=O. The zero-order valence-electron chi connectivity index (χ0n) is 17.4. The molecular formula is C21H26N2O7. The number of morpholine rings is 1. The number of amides is 3. The fraction of sp³-hybridized carbons (Fsp3) is 0.524. The van der Waals surface area contributed by atoms with Gasteiger partial charge in [-0.25, -0.2) is 4.79 Å². The van der Waals surface area contributed by atoms with E-state index in [0.717, 1.165) is 4.90 Å². The number of nitrogens with zero attached hydrogens (tertiary/aromatic N) is 2. The van der Waals surface area contributed by atoms with Crippen LogP contribution in [0.15, 0.2) is 18.2 Å². The highest BCUT2D eigenvalue weighted by Gasteiger charge is 2.36. The standard InChI is InChI=1S/C21H26N2O7/c1-13-10-22(11-14(2)30-13)18(24)12-29-21(27)15-5-6-16-17(9-15)20(26)23(19(16)25)7-4-8-28-3/h5-6,9,13-14H,4,7-8,10-12H2,1-3H3/t13-,14-/m0/s1. The van der Waals surface area contributed by atoms with Crippen molar-refractivity contribution < 1.29 is 33.4 Å². The lowest BCUT2D eigenvalue weighted by Gasteiger charge is -2.35. The zero-order chi connectivity index (χ0) is 21.8. The third-order valence-electron chi connectivity index (χ3n) is 5.04. The molecule has 2 atom stereocenters. The number of rotatable bonds is 7. The molecule has 2 aliphatic heterocycles. The van der Waals surface area contributed by atoms with Crippen molar-refractivity contribution in [2.24, 2.45) is 0 Å². The van der Waals surface area contributed by atoms with Crippen LogP contribution in [0, 0.1) is 0 Å². The summed E-state index contributed by atoms with van der Waals surface area (Å²) < 4.78 is 15.7. The third-order valence-corrected chi connectivity index (χ3v) is 5.04. The largest absolute Gasteiger partial charge is 0.452 e. The van der Waals surface area contributed by atoms with E-state index in [4.69, 9.17) is 14.2 Å². The first-order chi connectivity index (χ1) is 14.3. The Morgan fingerprint density at radius 3 is 2.43 bits per heavy atom. The number of carbonyl (C=O) groups is 4. The second-order valence-electron chi connectivity index (χ2n) is 7.50. The molecule has 9 heteroatoms. The molecule has 0 saturated carbocycles. The molecule has 30 heavy (non-hydrogen) atoms. The van der Waals surface area contributed by atoms with Gasteiger partial charge in [-0.1, -0.05) is 0 Å². The molecule has 162 valence electrons. The number of hydrogen-bond donors (Lipinski definition) is 0. The average Bonchev–Trinajstić information content (AvgIpc) is 2.95. The summed E-state index contributed by atoms with van der Waals surface area (Å²) in [6.45, 7) is 4.91. The lowest BCUT2D eigenvalue weighted by atomic mass is 10.1. The number of esters is 1. The molecule has 2 aliphatic rings. The van der Waals surface area contributed by atoms with Crippen LogP contribution in [-0.2, 0) is 19.0 Å². The van der Waals surface area contributed by atoms with Crippen molar-refractivity contribution >= 4 is 23.7 Å². The van der Waals surface area contributed by atoms with Crippen molar-refractivity contribution in [3.8, 4) is 0 Å². The van der Waals surface area contributed by atoms with E-state index in [1.807, 2.05) is 13.8 Å². The van der Waals surface area contributed by atoms with E-state index < -0.39 is 24.4 Å². The second-order valence-corrected chi connectivity index (χ2v) is 7.50. The first kappa shape index (κ1) is 21.9. The minimum atomic E-state index is -0.724. The Labute approximate surface area is 174 Å². The van der Waals surface area contributed by atoms with Crippen molar-refractivity contribution in [2.45, 2.75) is 32.5 Å². The van der Waals surface area contributed by atoms with Crippen LogP contribution in [0.5, 0.6) is 0 Å². The quantitative estimate of drug-likeness (QED) is 0.371. The summed E-state index contributed by atoms with van der Waals surface area (Å²) >= 11 is 0. The van der Waals surface area contributed by atoms with E-state index in [-0.39, 0.29) is 41.4 Å². The smallest absolute Gasteiger partial charge is 0.338 e. The fourth-order valence-corrected chi connectivity index (χ4v) is 3.67. The monoisotopic (exact) mass is 418 g/mol. The predicted octanol–water partition coefficient (Wildman–Crippen LogP) is 1.11. The number of hydrogen-bond acceptors (Lipinski definition) is 7. The first-order valence-corrected chi connectivity index (χ1v) is 9.91. The van der Waals surface area contributed by atoms with Crippen molar-refractivity contribution in [3.63, 3.8) is 0 Å². The summed E-state index contributed by atoms with van der Waals surface area (Å²) in [5, 5.41) is 0. The highest BCUT2D eigenvalue weighted by atomic mass is 16.5. The van der Waals surface area contributed by atoms with Crippen LogP contribution in [-0.4, -0.2) is 85.7 Å². The van der Waals surface area contributed by atoms with Gasteiger partial charge in [0, 0.05) is 33.4 Å². The predicted molar refractivity (Wildman–Crippen MR) is 105 cm³/mol. The normalized spacial score (nSPS) is 21.0. The van der Waals surface area contributed by atoms with E-state index in [2.05, 4.69) is 0 Å². The topological polar surface area (TPSA) is 102 Å². The molecule has 0 spiro atoms. The fourth-order valence-electron chi connectivity index (χ4n) is 3.67. The van der Waals surface area contributed by atoms with Gasteiger partial charge in [0.2, 0.25) is 0 Å². The van der Waals surface area contributed by atoms with Gasteiger partial charge in [-0.2, -0.15) is 0 Å². The van der Waals surface area contributed by atoms with Gasteiger partial charge < -0.3 is 19.1 Å². The molecule has 0 unspecified atom stereocenters. The Bertz CT molecular complexity index is 844. The Morgan fingerprint density at radius 2 is 1.77 bits per heavy atom. The molecule has 2 heterocycles. The molecule has 0 N–H and O–H groups in total. The molecule has 0 aliphatic carbocycles. The van der Waals surface area contributed by atoms with E-state index in [1.165, 1.54) is 18.2 Å². The van der Waals surface area contributed by atoms with Gasteiger partial charge in [0.15, 0.2) is 6.61 Å². The molecule has 1 saturated heterocycles. The number of imide groups is 1. The molecule has 1 fully saturated rings. The van der Waals surface area contributed by atoms with Crippen LogP contribution in [0.3, 0.4) is 0 Å². The lowest BCUT2D eigenvalue weighted by molar-refractivity contribution is -0.146. The maximum atomic E-state index is 12.5. The minimum absolute atomic E-state index is 0.0829. The minimum Gasteiger partial charge on any atom is -0.452 e. The average molecular weight is 418 g/mol. The molecule has 1 aromatic rings. The number of benzene rings is 1. The molecule has 1 aromatic carbocycles. The van der Waals surface area contributed by atoms with Gasteiger partial charge in [0.25, 0.3) is 17.7 Å². The molecule has 3 rings (SSSR count). The Morgan fingerprint density at radius 1 is 1.10 bits per heavy atom. The van der Waals surface area contributed by atoms with Crippen LogP contribution in [0.2, 0.25) is 0 Å². The van der Waals surface area contributed by atoms with Crippen LogP contribution in [0.4, 0.5) is 0 Å². The number of ether oxygens (including phenoxy) is 3. The molecule has 9 nitrogen and oxygen atoms in total. The van der Waals surface area contributed by atoms with Gasteiger partial charge in [-0.05, 0) is 38.5 Å². The van der Waals surface area contributed by atoms with E-state index in [1.54, 1.807) is 12.0 Å². The van der Waals surface area contributed by atoms with Crippen LogP contribution in [0.1, 0.15) is 51.3 Å². The summed E-state index contributed by atoms with van der Waals surface area (Å²) in [5.74, 6) is -1.87. The second kappa shape index (κ2) is 9.36. The van der Waals surface area contributed by atoms with E-state index in [0.29, 0.717) is 26.1 Å². The van der Waals surface area contributed by atoms with E-state index in [9.17, 15) is 19.2 Å². The Balaban J connectivity index is 1.61. The Kier molecular flexibility index (Phi) is 6.84. The molecular weight excluding hydrogens is 392 g/mol. The third kappa shape index (κ3) is 4.68. The lowest BCUT2D eigenvalue weighted by Crippen LogP contribution is -2.49. The van der Waals surface area contributed by atoms with Crippen molar-refractivity contribution in [3.05, 3.63) is 34.9 Å². The number of methoxy groups -OCH3 is 1. The number of carbonyl (C=O) groups excluding carboxylic acids is 4. The van der Waals surface area contributed by atoms with Gasteiger partial charge in [-0.3, -0.25) is 19.3 Å². The van der Waals surface area contributed by atoms with Gasteiger partial charge in [0.05, 0.1) is 28.9 Å². The van der Waals surface area contributed by atoms with Crippen molar-refractivity contribution in [1.29, 1.82) is 0 Å². The molecule has 0 bridgehead atoms. The van der Waals surface area contributed by atoms with Gasteiger partial charge in [0.1, 0.15) is 0 Å². The summed E-state index contributed by atoms with van der Waals surface area (Å²) in [4.78, 5) is 52.5. The van der Waals surface area contributed by atoms with Crippen LogP contribution in [0.25, 0.3) is 0 Å². The zero-order valence-corrected chi connectivity index (χ0v) is 17.4. The summed E-state index contributed by atoms with van der Waals surface area (Å²) in [6.07, 6.45) is 0.360. The van der Waals surface area contributed by atoms with Crippen LogP contribution >= 0.6 is 0 Å². The van der Waals surface area contributed by atoms with E-state index >= 15 is 0 Å². The first-order valence-electron chi connectivity index (χ1n) is 9.91. The molecule has 0 radical (unpaired) electrons.